The van der Waals surface area contributed by atoms with E-state index < -0.39 is 0 Å². The van der Waals surface area contributed by atoms with E-state index in [-0.39, 0.29) is 23.0 Å². The van der Waals surface area contributed by atoms with Crippen LogP contribution in [0.3, 0.4) is 0 Å². The maximum absolute atomic E-state index is 12.7. The molecule has 1 aromatic carbocycles. The summed E-state index contributed by atoms with van der Waals surface area (Å²) in [5.41, 5.74) is 4.56. The van der Waals surface area contributed by atoms with Crippen LogP contribution in [0.25, 0.3) is 17.1 Å². The first-order valence-corrected chi connectivity index (χ1v) is 10.5. The van der Waals surface area contributed by atoms with Crippen molar-refractivity contribution in [1.29, 1.82) is 0 Å². The Morgan fingerprint density at radius 2 is 1.90 bits per heavy atom. The number of carbonyl (C=O) groups is 1. The summed E-state index contributed by atoms with van der Waals surface area (Å²) in [6.45, 7) is 4.21. The van der Waals surface area contributed by atoms with Gasteiger partial charge in [-0.1, -0.05) is 32.0 Å². The molecule has 0 bridgehead atoms. The topological polar surface area (TPSA) is 68.0 Å². The lowest BCUT2D eigenvalue weighted by molar-refractivity contribution is -0.124. The Labute approximate surface area is 176 Å². The van der Waals surface area contributed by atoms with Gasteiger partial charge in [0, 0.05) is 46.2 Å². The van der Waals surface area contributed by atoms with E-state index in [1.807, 2.05) is 37.3 Å². The molecule has 2 aromatic heterocycles. The van der Waals surface area contributed by atoms with E-state index in [9.17, 15) is 9.90 Å². The number of aliphatic hydroxyl groups excluding tert-OH is 1. The summed E-state index contributed by atoms with van der Waals surface area (Å²) in [4.78, 5) is 22.1. The van der Waals surface area contributed by atoms with Gasteiger partial charge in [0.15, 0.2) is 5.78 Å². The molecule has 5 heteroatoms. The fourth-order valence-corrected chi connectivity index (χ4v) is 5.56. The average molecular weight is 399 g/mol. The molecule has 0 saturated heterocycles. The van der Waals surface area contributed by atoms with Gasteiger partial charge in [-0.2, -0.15) is 0 Å². The molecule has 30 heavy (non-hydrogen) atoms. The summed E-state index contributed by atoms with van der Waals surface area (Å²) >= 11 is 0. The summed E-state index contributed by atoms with van der Waals surface area (Å²) < 4.78 is 2.26. The molecule has 5 nitrogen and oxygen atoms in total. The third-order valence-corrected chi connectivity index (χ3v) is 7.02. The number of fused-ring (bicyclic) bond motifs is 3. The first-order valence-electron chi connectivity index (χ1n) is 10.5. The highest BCUT2D eigenvalue weighted by molar-refractivity contribution is 5.98. The van der Waals surface area contributed by atoms with Crippen LogP contribution in [0.2, 0.25) is 0 Å². The molecule has 1 saturated carbocycles. The number of ketones is 1. The second kappa shape index (κ2) is 6.94. The number of aliphatic hydroxyl groups is 1. The third kappa shape index (κ3) is 2.65. The second-order valence-corrected chi connectivity index (χ2v) is 8.68. The number of para-hydroxylation sites is 1. The molecule has 1 fully saturated rings. The highest BCUT2D eigenvalue weighted by atomic mass is 16.2. The molecule has 0 amide bonds. The first kappa shape index (κ1) is 18.8. The molecule has 2 aliphatic rings. The molecular formula is C25H25N3O2. The quantitative estimate of drug-likeness (QED) is 0.496. The molecule has 152 valence electrons. The fraction of sp³-hybridized carbons (Fsp3) is 0.320. The standard InChI is InChI=1S/C25H25N3O2/c1-16-20-8-9-21-23(25(20,2)14-18(15-29)22(16)30)27-24(17-10-12-26-13-11-17)28(21)19-6-4-3-5-7-19/h3-7,10-13,15-16,20,29H,8-9,14H2,1-2H3/b18-15-/t16-,20-,25-/m0/s1. The molecule has 5 rings (SSSR count). The summed E-state index contributed by atoms with van der Waals surface area (Å²) in [5, 5.41) is 9.73. The monoisotopic (exact) mass is 399 g/mol. The summed E-state index contributed by atoms with van der Waals surface area (Å²) in [5.74, 6) is 1.06. The molecule has 2 aliphatic carbocycles. The predicted molar refractivity (Wildman–Crippen MR) is 115 cm³/mol. The van der Waals surface area contributed by atoms with Crippen molar-refractivity contribution >= 4 is 5.78 Å². The van der Waals surface area contributed by atoms with E-state index >= 15 is 0 Å². The number of nitrogens with zero attached hydrogens (tertiary/aromatic N) is 3. The van der Waals surface area contributed by atoms with Crippen molar-refractivity contribution in [2.75, 3.05) is 0 Å². The van der Waals surface area contributed by atoms with E-state index in [4.69, 9.17) is 4.98 Å². The number of aromatic nitrogens is 3. The minimum atomic E-state index is -0.294. The Hall–Kier alpha value is -3.21. The molecule has 3 atom stereocenters. The van der Waals surface area contributed by atoms with Crippen LogP contribution in [-0.2, 0) is 16.6 Å². The van der Waals surface area contributed by atoms with E-state index in [1.165, 1.54) is 5.69 Å². The molecule has 1 N–H and O–H groups in total. The van der Waals surface area contributed by atoms with Crippen LogP contribution < -0.4 is 0 Å². The highest BCUT2D eigenvalue weighted by Gasteiger charge is 2.52. The van der Waals surface area contributed by atoms with Crippen LogP contribution in [0.5, 0.6) is 0 Å². The van der Waals surface area contributed by atoms with Gasteiger partial charge in [0.05, 0.1) is 12.0 Å². The number of hydrogen-bond acceptors (Lipinski definition) is 4. The third-order valence-electron chi connectivity index (χ3n) is 7.02. The molecule has 2 heterocycles. The minimum absolute atomic E-state index is 0.0697. The van der Waals surface area contributed by atoms with Crippen LogP contribution in [0.4, 0.5) is 0 Å². The number of imidazole rings is 1. The molecule has 0 aliphatic heterocycles. The molecular weight excluding hydrogens is 374 g/mol. The number of pyridine rings is 1. The zero-order chi connectivity index (χ0) is 20.9. The second-order valence-electron chi connectivity index (χ2n) is 8.68. The van der Waals surface area contributed by atoms with Crippen molar-refractivity contribution in [3.63, 3.8) is 0 Å². The highest BCUT2D eigenvalue weighted by Crippen LogP contribution is 2.53. The van der Waals surface area contributed by atoms with Gasteiger partial charge in [-0.15, -0.1) is 0 Å². The number of hydrogen-bond donors (Lipinski definition) is 1. The Balaban J connectivity index is 1.76. The van der Waals surface area contributed by atoms with Crippen molar-refractivity contribution in [1.82, 2.24) is 14.5 Å². The molecule has 0 radical (unpaired) electrons. The maximum atomic E-state index is 12.7. The fourth-order valence-electron chi connectivity index (χ4n) is 5.56. The maximum Gasteiger partial charge on any atom is 0.165 e. The molecule has 3 aromatic rings. The number of carbonyl (C=O) groups excluding carboxylic acids is 1. The lowest BCUT2D eigenvalue weighted by Gasteiger charge is -2.47. The van der Waals surface area contributed by atoms with Crippen LogP contribution in [-0.4, -0.2) is 25.4 Å². The van der Waals surface area contributed by atoms with Gasteiger partial charge < -0.3 is 5.11 Å². The van der Waals surface area contributed by atoms with Crippen molar-refractivity contribution in [2.45, 2.75) is 38.5 Å². The number of benzene rings is 1. The SMILES string of the molecule is C[C@@H]1C(=O)/C(=C\O)C[C@]2(C)c3nc(-c4ccncc4)n(-c4ccccc4)c3CC[C@@H]12. The average Bonchev–Trinajstić information content (AvgIpc) is 3.18. The number of rotatable bonds is 2. The Morgan fingerprint density at radius 1 is 1.17 bits per heavy atom. The van der Waals surface area contributed by atoms with Gasteiger partial charge in [0.1, 0.15) is 5.82 Å². The van der Waals surface area contributed by atoms with Crippen LogP contribution in [0.1, 0.15) is 38.1 Å². The van der Waals surface area contributed by atoms with Gasteiger partial charge in [-0.25, -0.2) is 4.98 Å². The Kier molecular flexibility index (Phi) is 4.35. The lowest BCUT2D eigenvalue weighted by atomic mass is 9.56. The molecule has 0 unspecified atom stereocenters. The van der Waals surface area contributed by atoms with Gasteiger partial charge in [-0.3, -0.25) is 14.3 Å². The van der Waals surface area contributed by atoms with Gasteiger partial charge in [0.2, 0.25) is 0 Å². The summed E-state index contributed by atoms with van der Waals surface area (Å²) in [7, 11) is 0. The van der Waals surface area contributed by atoms with E-state index in [0.29, 0.717) is 12.0 Å². The Bertz CT molecular complexity index is 1130. The predicted octanol–water partition coefficient (Wildman–Crippen LogP) is 4.81. The first-order chi connectivity index (χ1) is 14.5. The van der Waals surface area contributed by atoms with Gasteiger partial charge >= 0.3 is 0 Å². The van der Waals surface area contributed by atoms with E-state index in [1.54, 1.807) is 12.4 Å². The zero-order valence-electron chi connectivity index (χ0n) is 17.2. The van der Waals surface area contributed by atoms with Crippen LogP contribution >= 0.6 is 0 Å². The number of Topliss-reactive ketones (excluding diaryl/α,β-unsaturated/α-hetero) is 1. The van der Waals surface area contributed by atoms with Crippen molar-refractivity contribution in [3.8, 4) is 17.1 Å². The van der Waals surface area contributed by atoms with Gasteiger partial charge in [0.25, 0.3) is 0 Å². The number of allylic oxidation sites excluding steroid dienone is 1. The van der Waals surface area contributed by atoms with Crippen molar-refractivity contribution < 1.29 is 9.90 Å². The summed E-state index contributed by atoms with van der Waals surface area (Å²) in [6.07, 6.45) is 6.91. The smallest absolute Gasteiger partial charge is 0.165 e. The largest absolute Gasteiger partial charge is 0.515 e. The van der Waals surface area contributed by atoms with E-state index in [2.05, 4.69) is 28.6 Å². The van der Waals surface area contributed by atoms with Crippen LogP contribution in [0, 0.1) is 11.8 Å². The van der Waals surface area contributed by atoms with Crippen molar-refractivity contribution in [3.05, 3.63) is 78.1 Å². The summed E-state index contributed by atoms with van der Waals surface area (Å²) in [6, 6.07) is 14.3. The molecule has 0 spiro atoms. The zero-order valence-corrected chi connectivity index (χ0v) is 17.2. The van der Waals surface area contributed by atoms with Gasteiger partial charge in [-0.05, 0) is 49.4 Å². The lowest BCUT2D eigenvalue weighted by Crippen LogP contribution is -2.48. The van der Waals surface area contributed by atoms with Crippen LogP contribution in [0.15, 0.2) is 66.7 Å². The van der Waals surface area contributed by atoms with Crippen molar-refractivity contribution in [2.24, 2.45) is 11.8 Å². The minimum Gasteiger partial charge on any atom is -0.515 e. The van der Waals surface area contributed by atoms with E-state index in [0.717, 1.165) is 41.9 Å². The normalized spacial score (nSPS) is 27.0. The Morgan fingerprint density at radius 3 is 2.60 bits per heavy atom.